The summed E-state index contributed by atoms with van der Waals surface area (Å²) in [6.07, 6.45) is 1.87. The highest BCUT2D eigenvalue weighted by Crippen LogP contribution is 2.20. The molecule has 110 valence electrons. The first-order valence-electron chi connectivity index (χ1n) is 6.59. The maximum absolute atomic E-state index is 12.2. The fourth-order valence-electron chi connectivity index (χ4n) is 2.54. The van der Waals surface area contributed by atoms with Crippen molar-refractivity contribution in [1.29, 1.82) is 0 Å². The third-order valence-electron chi connectivity index (χ3n) is 3.70. The van der Waals surface area contributed by atoms with Crippen LogP contribution in [0.1, 0.15) is 19.3 Å². The maximum atomic E-state index is 12.2. The standard InChI is InChI=1S/C11H21N3O4S/c1-18-11(15)9-3-6-14(7-4-9)19(16,17)13-10-2-5-12-8-10/h9-10,12-13H,2-8H2,1H3. The number of piperidine rings is 1. The number of carbonyl (C=O) groups excluding carboxylic acids is 1. The van der Waals surface area contributed by atoms with Crippen LogP contribution in [0.25, 0.3) is 0 Å². The zero-order chi connectivity index (χ0) is 13.9. The molecule has 2 aliphatic rings. The first-order chi connectivity index (χ1) is 9.03. The smallest absolute Gasteiger partial charge is 0.308 e. The third kappa shape index (κ3) is 3.65. The minimum absolute atomic E-state index is 0.0247. The van der Waals surface area contributed by atoms with Gasteiger partial charge in [0.2, 0.25) is 0 Å². The molecule has 1 atom stereocenters. The van der Waals surface area contributed by atoms with Crippen LogP contribution in [0.15, 0.2) is 0 Å². The van der Waals surface area contributed by atoms with Crippen molar-refractivity contribution in [1.82, 2.24) is 14.3 Å². The molecule has 2 heterocycles. The van der Waals surface area contributed by atoms with Gasteiger partial charge < -0.3 is 10.1 Å². The Kier molecular flexibility index (Phi) is 4.77. The van der Waals surface area contributed by atoms with E-state index in [1.54, 1.807) is 0 Å². The summed E-state index contributed by atoms with van der Waals surface area (Å²) in [4.78, 5) is 11.4. The predicted molar refractivity (Wildman–Crippen MR) is 69.6 cm³/mol. The Hall–Kier alpha value is -0.700. The summed E-state index contributed by atoms with van der Waals surface area (Å²) in [5.74, 6) is -0.422. The molecule has 2 fully saturated rings. The van der Waals surface area contributed by atoms with Gasteiger partial charge in [-0.1, -0.05) is 0 Å². The normalized spacial score (nSPS) is 26.5. The predicted octanol–water partition coefficient (Wildman–Crippen LogP) is -0.932. The van der Waals surface area contributed by atoms with Gasteiger partial charge in [-0.3, -0.25) is 4.79 Å². The quantitative estimate of drug-likeness (QED) is 0.653. The lowest BCUT2D eigenvalue weighted by atomic mass is 9.99. The highest BCUT2D eigenvalue weighted by atomic mass is 32.2. The third-order valence-corrected chi connectivity index (χ3v) is 5.38. The van der Waals surface area contributed by atoms with Crippen LogP contribution >= 0.6 is 0 Å². The molecule has 0 aromatic rings. The van der Waals surface area contributed by atoms with E-state index >= 15 is 0 Å². The molecule has 0 radical (unpaired) electrons. The number of methoxy groups -OCH3 is 1. The van der Waals surface area contributed by atoms with Gasteiger partial charge in [0.15, 0.2) is 0 Å². The average Bonchev–Trinajstić information content (AvgIpc) is 2.90. The first-order valence-corrected chi connectivity index (χ1v) is 8.03. The summed E-state index contributed by atoms with van der Waals surface area (Å²) in [5.41, 5.74) is 0. The van der Waals surface area contributed by atoms with E-state index in [4.69, 9.17) is 0 Å². The highest BCUT2D eigenvalue weighted by Gasteiger charge is 2.33. The van der Waals surface area contributed by atoms with Gasteiger partial charge >= 0.3 is 5.97 Å². The summed E-state index contributed by atoms with van der Waals surface area (Å²) >= 11 is 0. The fourth-order valence-corrected chi connectivity index (χ4v) is 4.00. The van der Waals surface area contributed by atoms with Gasteiger partial charge in [-0.25, -0.2) is 0 Å². The van der Waals surface area contributed by atoms with Crippen LogP contribution in [0, 0.1) is 5.92 Å². The van der Waals surface area contributed by atoms with E-state index in [0.29, 0.717) is 32.5 Å². The van der Waals surface area contributed by atoms with Crippen LogP contribution in [0.4, 0.5) is 0 Å². The number of rotatable bonds is 4. The summed E-state index contributed by atoms with van der Waals surface area (Å²) < 4.78 is 33.1. The van der Waals surface area contributed by atoms with Gasteiger partial charge in [-0.05, 0) is 25.8 Å². The molecule has 0 aromatic heterocycles. The molecule has 0 bridgehead atoms. The Balaban J connectivity index is 1.87. The number of hydrogen-bond donors (Lipinski definition) is 2. The second kappa shape index (κ2) is 6.17. The summed E-state index contributed by atoms with van der Waals surface area (Å²) in [5, 5.41) is 3.12. The minimum atomic E-state index is -3.43. The van der Waals surface area contributed by atoms with Crippen molar-refractivity contribution in [2.24, 2.45) is 5.92 Å². The average molecular weight is 291 g/mol. The van der Waals surface area contributed by atoms with Crippen LogP contribution in [-0.2, 0) is 19.7 Å². The molecule has 0 aliphatic carbocycles. The van der Waals surface area contributed by atoms with Crippen molar-refractivity contribution in [3.8, 4) is 0 Å². The topological polar surface area (TPSA) is 87.7 Å². The van der Waals surface area contributed by atoms with Crippen molar-refractivity contribution >= 4 is 16.2 Å². The monoisotopic (exact) mass is 291 g/mol. The van der Waals surface area contributed by atoms with E-state index < -0.39 is 10.2 Å². The van der Waals surface area contributed by atoms with Gasteiger partial charge in [0.05, 0.1) is 13.0 Å². The second-order valence-corrected chi connectivity index (χ2v) is 6.71. The molecule has 2 aliphatic heterocycles. The molecule has 2 saturated heterocycles. The number of ether oxygens (including phenoxy) is 1. The fraction of sp³-hybridized carbons (Fsp3) is 0.909. The van der Waals surface area contributed by atoms with E-state index in [1.165, 1.54) is 11.4 Å². The summed E-state index contributed by atoms with van der Waals surface area (Å²) in [7, 11) is -2.07. The largest absolute Gasteiger partial charge is 0.469 e. The van der Waals surface area contributed by atoms with E-state index in [0.717, 1.165) is 13.0 Å². The van der Waals surface area contributed by atoms with Crippen LogP contribution in [0.2, 0.25) is 0 Å². The van der Waals surface area contributed by atoms with Crippen molar-refractivity contribution in [2.45, 2.75) is 25.3 Å². The first kappa shape index (κ1) is 14.7. The molecule has 7 nitrogen and oxygen atoms in total. The minimum Gasteiger partial charge on any atom is -0.469 e. The molecule has 0 spiro atoms. The molecular formula is C11H21N3O4S. The lowest BCUT2D eigenvalue weighted by Gasteiger charge is -2.30. The Bertz CT molecular complexity index is 412. The summed E-state index contributed by atoms with van der Waals surface area (Å²) in [6, 6.07) is -0.0247. The van der Waals surface area contributed by atoms with Gasteiger partial charge in [-0.15, -0.1) is 0 Å². The molecule has 0 aromatic carbocycles. The lowest BCUT2D eigenvalue weighted by Crippen LogP contribution is -2.49. The Morgan fingerprint density at radius 1 is 1.32 bits per heavy atom. The van der Waals surface area contributed by atoms with E-state index in [-0.39, 0.29) is 17.9 Å². The Morgan fingerprint density at radius 3 is 2.53 bits per heavy atom. The van der Waals surface area contributed by atoms with Crippen LogP contribution in [0.3, 0.4) is 0 Å². The molecule has 0 amide bonds. The number of carbonyl (C=O) groups is 1. The molecule has 0 saturated carbocycles. The van der Waals surface area contributed by atoms with Crippen LogP contribution in [-0.4, -0.2) is 58.0 Å². The number of nitrogens with zero attached hydrogens (tertiary/aromatic N) is 1. The number of nitrogens with one attached hydrogen (secondary N) is 2. The zero-order valence-corrected chi connectivity index (χ0v) is 11.9. The lowest BCUT2D eigenvalue weighted by molar-refractivity contribution is -0.146. The zero-order valence-electron chi connectivity index (χ0n) is 11.1. The van der Waals surface area contributed by atoms with Crippen molar-refractivity contribution in [3.63, 3.8) is 0 Å². The number of hydrogen-bond acceptors (Lipinski definition) is 5. The maximum Gasteiger partial charge on any atom is 0.308 e. The molecule has 2 rings (SSSR count). The van der Waals surface area contributed by atoms with Gasteiger partial charge in [0.25, 0.3) is 10.2 Å². The van der Waals surface area contributed by atoms with E-state index in [2.05, 4.69) is 14.8 Å². The molecule has 8 heteroatoms. The summed E-state index contributed by atoms with van der Waals surface area (Å²) in [6.45, 7) is 2.26. The van der Waals surface area contributed by atoms with Crippen molar-refractivity contribution in [3.05, 3.63) is 0 Å². The van der Waals surface area contributed by atoms with E-state index in [9.17, 15) is 13.2 Å². The Labute approximate surface area is 113 Å². The second-order valence-electron chi connectivity index (χ2n) is 5.01. The SMILES string of the molecule is COC(=O)C1CCN(S(=O)(=O)NC2CCNC2)CC1. The van der Waals surface area contributed by atoms with Gasteiger partial charge in [-0.2, -0.15) is 17.4 Å². The molecule has 2 N–H and O–H groups in total. The molecular weight excluding hydrogens is 270 g/mol. The highest BCUT2D eigenvalue weighted by molar-refractivity contribution is 7.87. The van der Waals surface area contributed by atoms with Crippen LogP contribution < -0.4 is 10.0 Å². The van der Waals surface area contributed by atoms with Gasteiger partial charge in [0.1, 0.15) is 0 Å². The van der Waals surface area contributed by atoms with Crippen LogP contribution in [0.5, 0.6) is 0 Å². The van der Waals surface area contributed by atoms with Gasteiger partial charge in [0, 0.05) is 25.7 Å². The molecule has 19 heavy (non-hydrogen) atoms. The molecule has 1 unspecified atom stereocenters. The van der Waals surface area contributed by atoms with E-state index in [1.807, 2.05) is 0 Å². The van der Waals surface area contributed by atoms with Crippen molar-refractivity contribution < 1.29 is 17.9 Å². The Morgan fingerprint density at radius 2 is 2.00 bits per heavy atom. The number of esters is 1. The van der Waals surface area contributed by atoms with Crippen molar-refractivity contribution in [2.75, 3.05) is 33.3 Å².